The molecule has 0 bridgehead atoms. The molecule has 2 atom stereocenters. The number of hydrogen-bond acceptors (Lipinski definition) is 3. The second-order valence-corrected chi connectivity index (χ2v) is 5.18. The van der Waals surface area contributed by atoms with E-state index in [1.54, 1.807) is 6.92 Å². The van der Waals surface area contributed by atoms with Crippen molar-refractivity contribution in [2.24, 2.45) is 0 Å². The highest BCUT2D eigenvalue weighted by Gasteiger charge is 2.20. The number of rotatable bonds is 5. The van der Waals surface area contributed by atoms with Gasteiger partial charge < -0.3 is 15.5 Å². The maximum absolute atomic E-state index is 13.2. The Bertz CT molecular complexity index is 646. The van der Waals surface area contributed by atoms with E-state index in [-0.39, 0.29) is 11.3 Å². The molecule has 0 aliphatic rings. The Morgan fingerprint density at radius 1 is 1.23 bits per heavy atom. The number of aromatic hydroxyl groups is 1. The summed E-state index contributed by atoms with van der Waals surface area (Å²) in [7, 11) is 0. The van der Waals surface area contributed by atoms with Crippen LogP contribution in [0.5, 0.6) is 5.75 Å². The van der Waals surface area contributed by atoms with E-state index < -0.39 is 23.9 Å². The largest absolute Gasteiger partial charge is 0.507 e. The van der Waals surface area contributed by atoms with E-state index in [0.717, 1.165) is 23.8 Å². The van der Waals surface area contributed by atoms with Gasteiger partial charge in [0.25, 0.3) is 5.91 Å². The van der Waals surface area contributed by atoms with Crippen LogP contribution >= 0.6 is 0 Å². The number of carbonyl (C=O) groups is 1. The summed E-state index contributed by atoms with van der Waals surface area (Å²) in [5.74, 6) is -1.54. The van der Waals surface area contributed by atoms with E-state index in [4.69, 9.17) is 0 Å². The second-order valence-electron chi connectivity index (χ2n) is 5.18. The normalized spacial score (nSPS) is 13.4. The summed E-state index contributed by atoms with van der Waals surface area (Å²) in [6.45, 7) is 1.65. The van der Waals surface area contributed by atoms with Gasteiger partial charge >= 0.3 is 0 Å². The van der Waals surface area contributed by atoms with Gasteiger partial charge in [-0.05, 0) is 30.7 Å². The Balaban J connectivity index is 2.00. The van der Waals surface area contributed by atoms with Crippen LogP contribution in [0.3, 0.4) is 0 Å². The number of halogens is 1. The standard InChI is InChI=1S/C17H18FNO3/c1-11(16(21)9-12-5-3-2-4-6-12)19-17(22)14-10-13(18)7-8-15(14)20/h2-8,10-11,16,20-21H,9H2,1H3,(H,19,22). The molecule has 0 aliphatic heterocycles. The topological polar surface area (TPSA) is 69.6 Å². The first kappa shape index (κ1) is 16.0. The third-order valence-corrected chi connectivity index (χ3v) is 3.43. The van der Waals surface area contributed by atoms with Gasteiger partial charge in [0.05, 0.1) is 17.7 Å². The van der Waals surface area contributed by atoms with Crippen LogP contribution in [0, 0.1) is 5.82 Å². The van der Waals surface area contributed by atoms with Crippen molar-refractivity contribution in [3.63, 3.8) is 0 Å². The molecule has 4 nitrogen and oxygen atoms in total. The maximum atomic E-state index is 13.2. The molecule has 2 unspecified atom stereocenters. The predicted molar refractivity (Wildman–Crippen MR) is 81.1 cm³/mol. The minimum absolute atomic E-state index is 0.154. The van der Waals surface area contributed by atoms with Crippen LogP contribution in [0.2, 0.25) is 0 Å². The Hall–Kier alpha value is -2.40. The number of phenols is 1. The highest BCUT2D eigenvalue weighted by atomic mass is 19.1. The summed E-state index contributed by atoms with van der Waals surface area (Å²) in [6, 6.07) is 12.0. The third kappa shape index (κ3) is 4.05. The Morgan fingerprint density at radius 2 is 1.91 bits per heavy atom. The number of phenolic OH excluding ortho intramolecular Hbond substituents is 1. The van der Waals surface area contributed by atoms with Crippen LogP contribution in [0.1, 0.15) is 22.8 Å². The number of aliphatic hydroxyl groups is 1. The molecule has 3 N–H and O–H groups in total. The molecule has 22 heavy (non-hydrogen) atoms. The summed E-state index contributed by atoms with van der Waals surface area (Å²) in [5.41, 5.74) is 0.795. The van der Waals surface area contributed by atoms with Gasteiger partial charge in [-0.25, -0.2) is 4.39 Å². The lowest BCUT2D eigenvalue weighted by atomic mass is 10.0. The van der Waals surface area contributed by atoms with Gasteiger partial charge in [0.15, 0.2) is 0 Å². The molecule has 0 heterocycles. The number of benzene rings is 2. The number of nitrogens with one attached hydrogen (secondary N) is 1. The van der Waals surface area contributed by atoms with Crippen molar-refractivity contribution in [2.45, 2.75) is 25.5 Å². The summed E-state index contributed by atoms with van der Waals surface area (Å²) in [6.07, 6.45) is -0.403. The van der Waals surface area contributed by atoms with Crippen molar-refractivity contribution in [2.75, 3.05) is 0 Å². The second kappa shape index (κ2) is 7.04. The van der Waals surface area contributed by atoms with Crippen molar-refractivity contribution >= 4 is 5.91 Å². The summed E-state index contributed by atoms with van der Waals surface area (Å²) >= 11 is 0. The first-order valence-corrected chi connectivity index (χ1v) is 6.98. The molecule has 0 saturated heterocycles. The summed E-state index contributed by atoms with van der Waals surface area (Å²) in [4.78, 5) is 12.0. The Labute approximate surface area is 128 Å². The molecule has 2 aromatic rings. The van der Waals surface area contributed by atoms with Crippen LogP contribution < -0.4 is 5.32 Å². The highest BCUT2D eigenvalue weighted by Crippen LogP contribution is 2.18. The van der Waals surface area contributed by atoms with E-state index in [1.165, 1.54) is 0 Å². The summed E-state index contributed by atoms with van der Waals surface area (Å²) in [5, 5.41) is 22.3. The molecule has 2 rings (SSSR count). The van der Waals surface area contributed by atoms with Crippen molar-refractivity contribution in [3.8, 4) is 5.75 Å². The quantitative estimate of drug-likeness (QED) is 0.793. The van der Waals surface area contributed by atoms with Crippen LogP contribution in [0.4, 0.5) is 4.39 Å². The van der Waals surface area contributed by atoms with Crippen molar-refractivity contribution in [1.29, 1.82) is 0 Å². The predicted octanol–water partition coefficient (Wildman–Crippen LogP) is 2.25. The van der Waals surface area contributed by atoms with Gasteiger partial charge in [-0.1, -0.05) is 30.3 Å². The Kier molecular flexibility index (Phi) is 5.12. The van der Waals surface area contributed by atoms with Gasteiger partial charge in [-0.3, -0.25) is 4.79 Å². The molecule has 0 fully saturated rings. The molecule has 5 heteroatoms. The lowest BCUT2D eigenvalue weighted by Gasteiger charge is -2.20. The zero-order valence-corrected chi connectivity index (χ0v) is 12.2. The van der Waals surface area contributed by atoms with E-state index >= 15 is 0 Å². The maximum Gasteiger partial charge on any atom is 0.255 e. The van der Waals surface area contributed by atoms with E-state index in [1.807, 2.05) is 30.3 Å². The average molecular weight is 303 g/mol. The smallest absolute Gasteiger partial charge is 0.255 e. The van der Waals surface area contributed by atoms with Gasteiger partial charge in [-0.15, -0.1) is 0 Å². The zero-order valence-electron chi connectivity index (χ0n) is 12.2. The molecule has 2 aromatic carbocycles. The van der Waals surface area contributed by atoms with Gasteiger partial charge in [0.1, 0.15) is 11.6 Å². The number of carbonyl (C=O) groups excluding carboxylic acids is 1. The molecule has 0 radical (unpaired) electrons. The molecule has 1 amide bonds. The lowest BCUT2D eigenvalue weighted by molar-refractivity contribution is 0.0849. The Morgan fingerprint density at radius 3 is 2.59 bits per heavy atom. The van der Waals surface area contributed by atoms with Crippen molar-refractivity contribution in [1.82, 2.24) is 5.32 Å². The average Bonchev–Trinajstić information content (AvgIpc) is 2.50. The SMILES string of the molecule is CC(NC(=O)c1cc(F)ccc1O)C(O)Cc1ccccc1. The van der Waals surface area contributed by atoms with Crippen LogP contribution in [-0.2, 0) is 6.42 Å². The third-order valence-electron chi connectivity index (χ3n) is 3.43. The van der Waals surface area contributed by atoms with E-state index in [0.29, 0.717) is 6.42 Å². The number of amides is 1. The first-order valence-electron chi connectivity index (χ1n) is 6.98. The molecular formula is C17H18FNO3. The monoisotopic (exact) mass is 303 g/mol. The first-order chi connectivity index (χ1) is 10.5. The minimum Gasteiger partial charge on any atom is -0.507 e. The minimum atomic E-state index is -0.790. The molecule has 0 aromatic heterocycles. The van der Waals surface area contributed by atoms with E-state index in [9.17, 15) is 19.4 Å². The van der Waals surface area contributed by atoms with Crippen LogP contribution in [-0.4, -0.2) is 28.3 Å². The number of aliphatic hydroxyl groups excluding tert-OH is 1. The molecular weight excluding hydrogens is 285 g/mol. The lowest BCUT2D eigenvalue weighted by Crippen LogP contribution is -2.42. The number of hydrogen-bond donors (Lipinski definition) is 3. The van der Waals surface area contributed by atoms with Crippen LogP contribution in [0.25, 0.3) is 0 Å². The van der Waals surface area contributed by atoms with Gasteiger partial charge in [-0.2, -0.15) is 0 Å². The fraction of sp³-hybridized carbons (Fsp3) is 0.235. The fourth-order valence-electron chi connectivity index (χ4n) is 2.10. The molecule has 0 spiro atoms. The van der Waals surface area contributed by atoms with Crippen LogP contribution in [0.15, 0.2) is 48.5 Å². The van der Waals surface area contributed by atoms with Gasteiger partial charge in [0.2, 0.25) is 0 Å². The highest BCUT2D eigenvalue weighted by molar-refractivity contribution is 5.97. The van der Waals surface area contributed by atoms with Crippen molar-refractivity contribution < 1.29 is 19.4 Å². The molecule has 0 aliphatic carbocycles. The molecule has 0 saturated carbocycles. The van der Waals surface area contributed by atoms with Gasteiger partial charge in [0, 0.05) is 6.42 Å². The fourth-order valence-corrected chi connectivity index (χ4v) is 2.10. The molecule has 116 valence electrons. The summed E-state index contributed by atoms with van der Waals surface area (Å²) < 4.78 is 13.2. The van der Waals surface area contributed by atoms with Crippen molar-refractivity contribution in [3.05, 3.63) is 65.5 Å². The van der Waals surface area contributed by atoms with E-state index in [2.05, 4.69) is 5.32 Å². The zero-order chi connectivity index (χ0) is 16.1.